The Morgan fingerprint density at radius 1 is 1.33 bits per heavy atom. The third-order valence-electron chi connectivity index (χ3n) is 4.46. The number of carbonyl (C=O) groups is 1. The van der Waals surface area contributed by atoms with E-state index in [1.54, 1.807) is 0 Å². The number of rotatable bonds is 5. The lowest BCUT2D eigenvalue weighted by Gasteiger charge is -2.36. The number of carbonyl (C=O) groups excluding carboxylic acids is 1. The maximum Gasteiger partial charge on any atom is 0.220 e. The summed E-state index contributed by atoms with van der Waals surface area (Å²) in [6, 6.07) is 0. The Bertz CT molecular complexity index is 269. The van der Waals surface area contributed by atoms with E-state index in [2.05, 4.69) is 10.6 Å². The van der Waals surface area contributed by atoms with Crippen molar-refractivity contribution in [3.63, 3.8) is 0 Å². The molecule has 1 saturated carbocycles. The van der Waals surface area contributed by atoms with E-state index in [-0.39, 0.29) is 18.1 Å². The van der Waals surface area contributed by atoms with E-state index in [1.165, 1.54) is 12.8 Å². The van der Waals surface area contributed by atoms with Crippen LogP contribution >= 0.6 is 0 Å². The second kappa shape index (κ2) is 6.53. The molecule has 1 atom stereocenters. The third-order valence-corrected chi connectivity index (χ3v) is 4.46. The van der Waals surface area contributed by atoms with Crippen LogP contribution < -0.4 is 10.6 Å². The predicted molar refractivity (Wildman–Crippen MR) is 71.3 cm³/mol. The van der Waals surface area contributed by atoms with Crippen molar-refractivity contribution < 1.29 is 9.90 Å². The van der Waals surface area contributed by atoms with Gasteiger partial charge in [0, 0.05) is 6.42 Å². The van der Waals surface area contributed by atoms with Gasteiger partial charge in [0.15, 0.2) is 0 Å². The van der Waals surface area contributed by atoms with Gasteiger partial charge in [-0.3, -0.25) is 4.79 Å². The van der Waals surface area contributed by atoms with Crippen molar-refractivity contribution in [1.29, 1.82) is 0 Å². The van der Waals surface area contributed by atoms with Crippen LogP contribution in [0.1, 0.15) is 51.4 Å². The Morgan fingerprint density at radius 2 is 2.11 bits per heavy atom. The van der Waals surface area contributed by atoms with Crippen LogP contribution in [0, 0.1) is 5.92 Å². The summed E-state index contributed by atoms with van der Waals surface area (Å²) in [7, 11) is 0. The Kier molecular flexibility index (Phi) is 5.01. The number of nitrogens with one attached hydrogen (secondary N) is 2. The van der Waals surface area contributed by atoms with Crippen LogP contribution in [0.4, 0.5) is 0 Å². The summed E-state index contributed by atoms with van der Waals surface area (Å²) in [4.78, 5) is 12.0. The highest BCUT2D eigenvalue weighted by molar-refractivity contribution is 5.76. The second-order valence-electron chi connectivity index (χ2n) is 5.94. The first-order valence-electron chi connectivity index (χ1n) is 7.37. The highest BCUT2D eigenvalue weighted by Gasteiger charge is 2.32. The molecule has 4 heteroatoms. The molecule has 2 aliphatic rings. The SMILES string of the molecule is O=C(CCC1CCNC1)NC1(CO)CCCCC1. The molecule has 1 amide bonds. The maximum atomic E-state index is 12.0. The van der Waals surface area contributed by atoms with Crippen LogP contribution in [0.5, 0.6) is 0 Å². The van der Waals surface area contributed by atoms with Crippen molar-refractivity contribution >= 4 is 5.91 Å². The number of amides is 1. The third kappa shape index (κ3) is 3.69. The molecule has 3 N–H and O–H groups in total. The van der Waals surface area contributed by atoms with Crippen molar-refractivity contribution in [3.05, 3.63) is 0 Å². The summed E-state index contributed by atoms with van der Waals surface area (Å²) < 4.78 is 0. The number of aliphatic hydroxyl groups is 1. The van der Waals surface area contributed by atoms with Gasteiger partial charge in [0.2, 0.25) is 5.91 Å². The maximum absolute atomic E-state index is 12.0. The smallest absolute Gasteiger partial charge is 0.220 e. The summed E-state index contributed by atoms with van der Waals surface area (Å²) in [5.74, 6) is 0.782. The Morgan fingerprint density at radius 3 is 2.72 bits per heavy atom. The fraction of sp³-hybridized carbons (Fsp3) is 0.929. The van der Waals surface area contributed by atoms with Gasteiger partial charge in [0.1, 0.15) is 0 Å². The molecule has 4 nitrogen and oxygen atoms in total. The number of hydrogen-bond donors (Lipinski definition) is 3. The quantitative estimate of drug-likeness (QED) is 0.690. The summed E-state index contributed by atoms with van der Waals surface area (Å²) >= 11 is 0. The van der Waals surface area contributed by atoms with Gasteiger partial charge in [-0.25, -0.2) is 0 Å². The van der Waals surface area contributed by atoms with Gasteiger partial charge in [-0.05, 0) is 44.7 Å². The Labute approximate surface area is 110 Å². The van der Waals surface area contributed by atoms with Gasteiger partial charge < -0.3 is 15.7 Å². The minimum atomic E-state index is -0.316. The van der Waals surface area contributed by atoms with Gasteiger partial charge in [-0.15, -0.1) is 0 Å². The normalized spacial score (nSPS) is 27.1. The van der Waals surface area contributed by atoms with Crippen LogP contribution in [0.3, 0.4) is 0 Å². The molecule has 2 fully saturated rings. The minimum absolute atomic E-state index is 0.0870. The van der Waals surface area contributed by atoms with E-state index in [0.717, 1.165) is 45.2 Å². The van der Waals surface area contributed by atoms with Crippen LogP contribution in [0.2, 0.25) is 0 Å². The molecule has 1 unspecified atom stereocenters. The molecular formula is C14H26N2O2. The van der Waals surface area contributed by atoms with Crippen LogP contribution in [-0.4, -0.2) is 36.2 Å². The molecule has 0 radical (unpaired) electrons. The van der Waals surface area contributed by atoms with Crippen molar-refractivity contribution in [2.75, 3.05) is 19.7 Å². The molecule has 0 aromatic rings. The summed E-state index contributed by atoms with van der Waals surface area (Å²) in [6.07, 6.45) is 8.10. The highest BCUT2D eigenvalue weighted by Crippen LogP contribution is 2.28. The topological polar surface area (TPSA) is 61.4 Å². The number of hydrogen-bond acceptors (Lipinski definition) is 3. The lowest BCUT2D eigenvalue weighted by atomic mass is 9.82. The van der Waals surface area contributed by atoms with E-state index in [4.69, 9.17) is 0 Å². The number of aliphatic hydroxyl groups excluding tert-OH is 1. The Hall–Kier alpha value is -0.610. The van der Waals surface area contributed by atoms with E-state index >= 15 is 0 Å². The summed E-state index contributed by atoms with van der Waals surface area (Å²) in [6.45, 7) is 2.23. The van der Waals surface area contributed by atoms with Crippen LogP contribution in [-0.2, 0) is 4.79 Å². The zero-order valence-corrected chi connectivity index (χ0v) is 11.2. The van der Waals surface area contributed by atoms with E-state index in [1.807, 2.05) is 0 Å². The van der Waals surface area contributed by atoms with Crippen molar-refractivity contribution in [3.8, 4) is 0 Å². The van der Waals surface area contributed by atoms with E-state index in [9.17, 15) is 9.90 Å². The fourth-order valence-electron chi connectivity index (χ4n) is 3.21. The van der Waals surface area contributed by atoms with Crippen LogP contribution in [0.25, 0.3) is 0 Å². The fourth-order valence-corrected chi connectivity index (χ4v) is 3.21. The van der Waals surface area contributed by atoms with Crippen molar-refractivity contribution in [2.24, 2.45) is 5.92 Å². The van der Waals surface area contributed by atoms with Gasteiger partial charge in [-0.1, -0.05) is 19.3 Å². The first-order chi connectivity index (χ1) is 8.74. The molecule has 104 valence electrons. The van der Waals surface area contributed by atoms with Crippen molar-refractivity contribution in [1.82, 2.24) is 10.6 Å². The molecule has 1 saturated heterocycles. The Balaban J connectivity index is 1.74. The highest BCUT2D eigenvalue weighted by atomic mass is 16.3. The molecule has 1 aliphatic carbocycles. The van der Waals surface area contributed by atoms with Crippen LogP contribution in [0.15, 0.2) is 0 Å². The minimum Gasteiger partial charge on any atom is -0.394 e. The second-order valence-corrected chi connectivity index (χ2v) is 5.94. The first-order valence-corrected chi connectivity index (χ1v) is 7.37. The monoisotopic (exact) mass is 254 g/mol. The largest absolute Gasteiger partial charge is 0.394 e. The first kappa shape index (κ1) is 13.8. The van der Waals surface area contributed by atoms with Gasteiger partial charge in [-0.2, -0.15) is 0 Å². The molecule has 0 bridgehead atoms. The molecule has 0 aromatic carbocycles. The standard InChI is InChI=1S/C14H26N2O2/c17-11-14(7-2-1-3-8-14)16-13(18)5-4-12-6-9-15-10-12/h12,15,17H,1-11H2,(H,16,18). The lowest BCUT2D eigenvalue weighted by Crippen LogP contribution is -2.52. The molecular weight excluding hydrogens is 228 g/mol. The lowest BCUT2D eigenvalue weighted by molar-refractivity contribution is -0.124. The molecule has 18 heavy (non-hydrogen) atoms. The van der Waals surface area contributed by atoms with Crippen molar-refractivity contribution in [2.45, 2.75) is 56.9 Å². The zero-order valence-electron chi connectivity index (χ0n) is 11.2. The van der Waals surface area contributed by atoms with Gasteiger partial charge in [0.05, 0.1) is 12.1 Å². The molecule has 2 rings (SSSR count). The molecule has 1 heterocycles. The average molecular weight is 254 g/mol. The average Bonchev–Trinajstić information content (AvgIpc) is 2.91. The zero-order chi connectivity index (χ0) is 12.8. The summed E-state index contributed by atoms with van der Waals surface area (Å²) in [5, 5.41) is 16.0. The molecule has 0 spiro atoms. The predicted octanol–water partition coefficient (Wildman–Crippen LogP) is 1.19. The van der Waals surface area contributed by atoms with E-state index in [0.29, 0.717) is 12.3 Å². The summed E-state index contributed by atoms with van der Waals surface area (Å²) in [5.41, 5.74) is -0.316. The van der Waals surface area contributed by atoms with Gasteiger partial charge in [0.25, 0.3) is 0 Å². The van der Waals surface area contributed by atoms with Gasteiger partial charge >= 0.3 is 0 Å². The van der Waals surface area contributed by atoms with E-state index < -0.39 is 0 Å². The molecule has 1 aliphatic heterocycles. The molecule has 0 aromatic heterocycles.